The average molecular weight is 367 g/mol. The fourth-order valence-electron chi connectivity index (χ4n) is 2.86. The van der Waals surface area contributed by atoms with Gasteiger partial charge in [-0.05, 0) is 64.1 Å². The number of ether oxygens (including phenoxy) is 1. The Labute approximate surface area is 158 Å². The molecular weight excluding hydrogens is 342 g/mol. The second kappa shape index (κ2) is 7.31. The number of benzene rings is 1. The maximum atomic E-state index is 12.6. The van der Waals surface area contributed by atoms with Crippen molar-refractivity contribution in [1.82, 2.24) is 14.5 Å². The van der Waals surface area contributed by atoms with Gasteiger partial charge >= 0.3 is 0 Å². The highest BCUT2D eigenvalue weighted by Gasteiger charge is 2.18. The molecule has 6 heteroatoms. The number of carbonyl (C=O) groups excluding carboxylic acids is 1. The first-order valence-electron chi connectivity index (χ1n) is 9.07. The molecular formula is C21H25N3O3. The summed E-state index contributed by atoms with van der Waals surface area (Å²) in [7, 11) is 1.76. The van der Waals surface area contributed by atoms with Crippen LogP contribution in [-0.4, -0.2) is 39.6 Å². The lowest BCUT2D eigenvalue weighted by Crippen LogP contribution is -2.33. The fraction of sp³-hybridized carbons (Fsp3) is 0.333. The molecule has 0 aliphatic heterocycles. The number of aromatic amines is 1. The number of pyridine rings is 1. The van der Waals surface area contributed by atoms with E-state index in [-0.39, 0.29) is 23.6 Å². The number of hydrogen-bond acceptors (Lipinski definition) is 3. The van der Waals surface area contributed by atoms with Gasteiger partial charge in [0.2, 0.25) is 0 Å². The first-order chi connectivity index (χ1) is 12.8. The van der Waals surface area contributed by atoms with Gasteiger partial charge in [-0.3, -0.25) is 14.2 Å². The number of rotatable bonds is 5. The molecule has 0 unspecified atom stereocenters. The second-order valence-corrected chi connectivity index (χ2v) is 7.16. The minimum absolute atomic E-state index is 0.0805. The molecule has 0 aliphatic carbocycles. The van der Waals surface area contributed by atoms with Crippen molar-refractivity contribution in [2.45, 2.75) is 39.8 Å². The van der Waals surface area contributed by atoms with Crippen molar-refractivity contribution in [3.05, 3.63) is 58.5 Å². The third-order valence-electron chi connectivity index (χ3n) is 4.47. The van der Waals surface area contributed by atoms with Gasteiger partial charge in [0.25, 0.3) is 11.5 Å². The summed E-state index contributed by atoms with van der Waals surface area (Å²) < 4.78 is 7.23. The number of nitrogens with one attached hydrogen (secondary N) is 1. The molecule has 0 saturated carbocycles. The van der Waals surface area contributed by atoms with E-state index in [4.69, 9.17) is 4.74 Å². The van der Waals surface area contributed by atoms with Crippen LogP contribution in [0, 0.1) is 0 Å². The molecule has 1 N–H and O–H groups in total. The van der Waals surface area contributed by atoms with Crippen LogP contribution in [0.5, 0.6) is 5.75 Å². The van der Waals surface area contributed by atoms with Crippen LogP contribution in [0.2, 0.25) is 0 Å². The second-order valence-electron chi connectivity index (χ2n) is 7.16. The monoisotopic (exact) mass is 367 g/mol. The molecule has 0 radical (unpaired) electrons. The Morgan fingerprint density at radius 1 is 1.07 bits per heavy atom. The van der Waals surface area contributed by atoms with E-state index in [1.54, 1.807) is 28.6 Å². The van der Waals surface area contributed by atoms with Gasteiger partial charge < -0.3 is 14.6 Å². The molecule has 0 spiro atoms. The summed E-state index contributed by atoms with van der Waals surface area (Å²) in [6, 6.07) is 12.4. The fourth-order valence-corrected chi connectivity index (χ4v) is 2.86. The summed E-state index contributed by atoms with van der Waals surface area (Å²) in [6.07, 6.45) is 0.0805. The summed E-state index contributed by atoms with van der Waals surface area (Å²) in [6.45, 7) is 7.84. The lowest BCUT2D eigenvalue weighted by Gasteiger charge is -2.20. The topological polar surface area (TPSA) is 67.3 Å². The van der Waals surface area contributed by atoms with Crippen molar-refractivity contribution in [2.75, 3.05) is 7.05 Å². The van der Waals surface area contributed by atoms with Gasteiger partial charge in [0.05, 0.1) is 11.8 Å². The zero-order valence-electron chi connectivity index (χ0n) is 16.3. The van der Waals surface area contributed by atoms with Crippen LogP contribution in [-0.2, 0) is 0 Å². The van der Waals surface area contributed by atoms with E-state index in [0.29, 0.717) is 17.0 Å². The number of hydrogen-bond donors (Lipinski definition) is 1. The summed E-state index contributed by atoms with van der Waals surface area (Å²) >= 11 is 0. The van der Waals surface area contributed by atoms with Gasteiger partial charge in [0, 0.05) is 24.5 Å². The predicted molar refractivity (Wildman–Crippen MR) is 107 cm³/mol. The molecule has 2 heterocycles. The summed E-state index contributed by atoms with van der Waals surface area (Å²) in [4.78, 5) is 29.9. The van der Waals surface area contributed by atoms with Gasteiger partial charge in [0.1, 0.15) is 17.1 Å². The molecule has 27 heavy (non-hydrogen) atoms. The number of carbonyl (C=O) groups is 1. The number of amides is 1. The van der Waals surface area contributed by atoms with Crippen LogP contribution in [0.4, 0.5) is 0 Å². The number of aromatic nitrogens is 2. The Balaban J connectivity index is 2.06. The maximum absolute atomic E-state index is 12.6. The minimum atomic E-state index is -0.168. The first-order valence-corrected chi connectivity index (χ1v) is 9.07. The van der Waals surface area contributed by atoms with Crippen molar-refractivity contribution in [1.29, 1.82) is 0 Å². The van der Waals surface area contributed by atoms with Gasteiger partial charge in [0.15, 0.2) is 0 Å². The normalized spacial score (nSPS) is 11.4. The highest BCUT2D eigenvalue weighted by atomic mass is 16.5. The van der Waals surface area contributed by atoms with E-state index in [1.165, 1.54) is 6.07 Å². The molecule has 0 fully saturated rings. The minimum Gasteiger partial charge on any atom is -0.491 e. The van der Waals surface area contributed by atoms with Crippen LogP contribution >= 0.6 is 0 Å². The predicted octanol–water partition coefficient (Wildman–Crippen LogP) is 3.59. The first kappa shape index (κ1) is 18.8. The largest absolute Gasteiger partial charge is 0.491 e. The van der Waals surface area contributed by atoms with E-state index < -0.39 is 0 Å². The van der Waals surface area contributed by atoms with Crippen molar-refractivity contribution in [3.63, 3.8) is 0 Å². The third kappa shape index (κ3) is 3.74. The van der Waals surface area contributed by atoms with Gasteiger partial charge in [-0.25, -0.2) is 0 Å². The molecule has 2 aromatic heterocycles. The third-order valence-corrected chi connectivity index (χ3v) is 4.47. The molecule has 0 bridgehead atoms. The Morgan fingerprint density at radius 3 is 2.33 bits per heavy atom. The van der Waals surface area contributed by atoms with Gasteiger partial charge in [-0.15, -0.1) is 0 Å². The maximum Gasteiger partial charge on any atom is 0.270 e. The van der Waals surface area contributed by atoms with E-state index in [0.717, 1.165) is 11.1 Å². The Hall–Kier alpha value is -3.02. The van der Waals surface area contributed by atoms with Crippen LogP contribution in [0.25, 0.3) is 16.7 Å². The zero-order valence-corrected chi connectivity index (χ0v) is 16.3. The van der Waals surface area contributed by atoms with Gasteiger partial charge in [-0.1, -0.05) is 0 Å². The Bertz CT molecular complexity index is 1010. The average Bonchev–Trinajstić information content (AvgIpc) is 3.05. The van der Waals surface area contributed by atoms with Crippen molar-refractivity contribution >= 4 is 16.9 Å². The number of H-pyrrole nitrogens is 1. The molecule has 142 valence electrons. The standard InChI is InChI=1S/C21H25N3O3/c1-13(2)23(5)21(26)18-12-15-6-11-19(25)24(20(15)22-18)16-7-9-17(10-8-16)27-14(3)4/h6-14,22H,1-5H3. The molecule has 1 amide bonds. The van der Waals surface area contributed by atoms with Crippen molar-refractivity contribution < 1.29 is 9.53 Å². The van der Waals surface area contributed by atoms with E-state index in [2.05, 4.69) is 4.98 Å². The lowest BCUT2D eigenvalue weighted by atomic mass is 10.2. The Kier molecular flexibility index (Phi) is 5.08. The highest BCUT2D eigenvalue weighted by Crippen LogP contribution is 2.21. The molecule has 0 aliphatic rings. The SMILES string of the molecule is CC(C)Oc1ccc(-n2c(=O)ccc3cc(C(=O)N(C)C(C)C)[nH]c32)cc1. The molecule has 3 aromatic rings. The smallest absolute Gasteiger partial charge is 0.270 e. The molecule has 6 nitrogen and oxygen atoms in total. The summed E-state index contributed by atoms with van der Waals surface area (Å²) in [5.41, 5.74) is 1.60. The van der Waals surface area contributed by atoms with Crippen LogP contribution < -0.4 is 10.3 Å². The van der Waals surface area contributed by atoms with E-state index in [1.807, 2.05) is 52.0 Å². The van der Waals surface area contributed by atoms with E-state index >= 15 is 0 Å². The lowest BCUT2D eigenvalue weighted by molar-refractivity contribution is 0.0750. The Morgan fingerprint density at radius 2 is 1.74 bits per heavy atom. The number of nitrogens with zero attached hydrogens (tertiary/aromatic N) is 2. The number of fused-ring (bicyclic) bond motifs is 1. The quantitative estimate of drug-likeness (QED) is 0.749. The molecule has 0 saturated heterocycles. The summed E-state index contributed by atoms with van der Waals surface area (Å²) in [5, 5.41) is 0.803. The zero-order chi connectivity index (χ0) is 19.7. The van der Waals surface area contributed by atoms with E-state index in [9.17, 15) is 9.59 Å². The highest BCUT2D eigenvalue weighted by molar-refractivity contribution is 5.97. The molecule has 3 rings (SSSR count). The summed E-state index contributed by atoms with van der Waals surface area (Å²) in [5.74, 6) is 0.635. The van der Waals surface area contributed by atoms with Crippen LogP contribution in [0.1, 0.15) is 38.2 Å². The van der Waals surface area contributed by atoms with Crippen LogP contribution in [0.15, 0.2) is 47.3 Å². The van der Waals surface area contributed by atoms with Crippen LogP contribution in [0.3, 0.4) is 0 Å². The van der Waals surface area contributed by atoms with Gasteiger partial charge in [-0.2, -0.15) is 0 Å². The molecule has 1 aromatic carbocycles. The van der Waals surface area contributed by atoms with Crippen molar-refractivity contribution in [3.8, 4) is 11.4 Å². The van der Waals surface area contributed by atoms with Crippen molar-refractivity contribution in [2.24, 2.45) is 0 Å². The molecule has 0 atom stereocenters.